The number of carbonyl (C=O) groups is 1. The Morgan fingerprint density at radius 3 is 1.35 bits per heavy atom. The van der Waals surface area contributed by atoms with Gasteiger partial charge in [-0.05, 0) is 102 Å². The zero-order valence-electron chi connectivity index (χ0n) is 36.5. The first-order valence-corrected chi connectivity index (χ1v) is 25.8. The van der Waals surface area contributed by atoms with Crippen LogP contribution in [0, 0.1) is 0 Å². The number of rotatable bonds is 40. The Hall–Kier alpha value is -0.500. The van der Waals surface area contributed by atoms with Crippen LogP contribution in [0.3, 0.4) is 0 Å². The summed E-state index contributed by atoms with van der Waals surface area (Å²) >= 11 is 0. The summed E-state index contributed by atoms with van der Waals surface area (Å²) in [5.74, 6) is -0.686. The predicted molar refractivity (Wildman–Crippen MR) is 239 cm³/mol. The molecule has 0 aromatic carbocycles. The van der Waals surface area contributed by atoms with Crippen LogP contribution >= 0.6 is 0 Å². The van der Waals surface area contributed by atoms with E-state index in [9.17, 15) is 31.3 Å². The number of nitrogens with one attached hydrogen (secondary N) is 1. The van der Waals surface area contributed by atoms with Gasteiger partial charge in [0.25, 0.3) is 10.1 Å². The van der Waals surface area contributed by atoms with E-state index in [-0.39, 0.29) is 67.5 Å². The number of carbonyl (C=O) groups excluding carboxylic acids is 1. The van der Waals surface area contributed by atoms with Gasteiger partial charge in [-0.15, -0.1) is 0 Å². The Balaban J connectivity index is -0.00000101. The fourth-order valence-electron chi connectivity index (χ4n) is 6.10. The summed E-state index contributed by atoms with van der Waals surface area (Å²) in [6.45, 7) is 5.29. The largest absolute Gasteiger partial charge is 2.00 e. The topological polar surface area (TPSA) is 176 Å². The molecule has 0 radical (unpaired) electrons. The van der Waals surface area contributed by atoms with Gasteiger partial charge in [0.15, 0.2) is 0 Å². The molecule has 0 aromatic heterocycles. The fourth-order valence-corrected chi connectivity index (χ4v) is 7.23. The van der Waals surface area contributed by atoms with E-state index in [1.54, 1.807) is 0 Å². The summed E-state index contributed by atoms with van der Waals surface area (Å²) in [5, 5.41) is 14.4. The minimum Gasteiger partial charge on any atom is -0.862 e. The van der Waals surface area contributed by atoms with Gasteiger partial charge in [0.2, 0.25) is 5.91 Å². The van der Waals surface area contributed by atoms with Crippen molar-refractivity contribution in [1.82, 2.24) is 5.32 Å². The van der Waals surface area contributed by atoms with Gasteiger partial charge in [-0.25, -0.2) is 8.42 Å². The van der Waals surface area contributed by atoms with Crippen molar-refractivity contribution in [3.8, 4) is 0 Å². The van der Waals surface area contributed by atoms with Gasteiger partial charge in [0, 0.05) is 25.3 Å². The molecule has 0 saturated heterocycles. The van der Waals surface area contributed by atoms with E-state index in [0.29, 0.717) is 45.2 Å². The summed E-state index contributed by atoms with van der Waals surface area (Å²) in [6.07, 6.45) is 44.1. The maximum absolute atomic E-state index is 11.6. The molecule has 0 heterocycles. The van der Waals surface area contributed by atoms with E-state index >= 15 is 0 Å². The molecule has 332 valence electrons. The number of amides is 1. The van der Waals surface area contributed by atoms with Crippen molar-refractivity contribution in [3.63, 3.8) is 0 Å². The third-order valence-electron chi connectivity index (χ3n) is 9.56. The molecule has 0 fully saturated rings. The first kappa shape index (κ1) is 60.8. The molecule has 0 aliphatic heterocycles. The summed E-state index contributed by atoms with van der Waals surface area (Å²) in [5.41, 5.74) is 0. The van der Waals surface area contributed by atoms with Crippen LogP contribution in [0.1, 0.15) is 219 Å². The Morgan fingerprint density at radius 2 is 0.930 bits per heavy atom. The molecule has 1 amide bonds. The van der Waals surface area contributed by atoms with E-state index in [1.807, 2.05) is 0 Å². The van der Waals surface area contributed by atoms with Gasteiger partial charge < -0.3 is 20.0 Å². The van der Waals surface area contributed by atoms with Crippen LogP contribution in [-0.4, -0.2) is 100 Å². The van der Waals surface area contributed by atoms with Crippen LogP contribution in [0.4, 0.5) is 0 Å². The minimum atomic E-state index is -4.14. The third kappa shape index (κ3) is 59.9. The predicted octanol–water partition coefficient (Wildman–Crippen LogP) is 10.5. The third-order valence-corrected chi connectivity index (χ3v) is 11.2. The zero-order valence-corrected chi connectivity index (χ0v) is 40.4. The van der Waals surface area contributed by atoms with Crippen molar-refractivity contribution in [2.45, 2.75) is 219 Å². The Kier molecular flexibility index (Phi) is 49.7. The number of nitrogens with zero attached hydrogens (tertiary/aromatic N) is 1. The molecule has 0 aliphatic rings. The molecule has 57 heavy (non-hydrogen) atoms. The molecule has 0 atom stereocenters. The summed E-state index contributed by atoms with van der Waals surface area (Å²) in [7, 11) is -8.02. The molecule has 13 heteroatoms. The Bertz CT molecular complexity index is 1180. The quantitative estimate of drug-likeness (QED) is 0.0153. The molecule has 0 aliphatic carbocycles. The molecule has 10 nitrogen and oxygen atoms in total. The Morgan fingerprint density at radius 1 is 0.544 bits per heavy atom. The number of aliphatic imine (C=N–C) groups is 1. The maximum Gasteiger partial charge on any atom is 2.00 e. The van der Waals surface area contributed by atoms with Crippen molar-refractivity contribution < 1.29 is 35.8 Å². The van der Waals surface area contributed by atoms with Gasteiger partial charge in [0.1, 0.15) is 0 Å². The molecule has 0 rings (SSSR count). The maximum atomic E-state index is 11.6. The standard InChI is InChI=1S/2C22H43NO4S.Ca/c2*1-2-3-4-5-6-7-8-9-10-11-12-13-14-15-16-19-22(24)23-20-17-18-21-28(25,26)27;/h2*9-10H,2-8,11-21H2,1H3,(H,23,24)(H,25,26,27);/q;;+2/p-2/b2*10-9-;. The number of unbranched alkanes of at least 4 members (excludes halogenated alkanes) is 24. The van der Waals surface area contributed by atoms with Crippen molar-refractivity contribution in [2.75, 3.05) is 24.6 Å². The van der Waals surface area contributed by atoms with Gasteiger partial charge in [0.05, 0.1) is 15.9 Å². The molecule has 0 aromatic rings. The molecule has 2 N–H and O–H groups in total. The van der Waals surface area contributed by atoms with Crippen LogP contribution in [-0.2, 0) is 25.0 Å². The normalized spacial score (nSPS) is 12.2. The minimum absolute atomic E-state index is 0. The molecule has 0 bridgehead atoms. The number of hydrogen-bond donors (Lipinski definition) is 2. The monoisotopic (exact) mass is 873 g/mol. The van der Waals surface area contributed by atoms with Gasteiger partial charge in [-0.2, -0.15) is 8.42 Å². The van der Waals surface area contributed by atoms with Gasteiger partial charge >= 0.3 is 37.7 Å². The molecular formula is C44H84CaN2O8S2. The summed E-state index contributed by atoms with van der Waals surface area (Å²) < 4.78 is 61.1. The van der Waals surface area contributed by atoms with Crippen LogP contribution in [0.5, 0.6) is 0 Å². The average molecular weight is 873 g/mol. The summed E-state index contributed by atoms with van der Waals surface area (Å²) in [4.78, 5) is 15.6. The average Bonchev–Trinajstić information content (AvgIpc) is 3.14. The van der Waals surface area contributed by atoms with Crippen molar-refractivity contribution >= 4 is 69.8 Å². The molecule has 0 unspecified atom stereocenters. The van der Waals surface area contributed by atoms with E-state index in [1.165, 1.54) is 128 Å². The van der Waals surface area contributed by atoms with Crippen molar-refractivity contribution in [1.29, 1.82) is 0 Å². The first-order valence-electron chi connectivity index (χ1n) is 22.6. The second-order valence-corrected chi connectivity index (χ2v) is 18.4. The smallest absolute Gasteiger partial charge is 0.862 e. The van der Waals surface area contributed by atoms with E-state index < -0.39 is 20.2 Å². The van der Waals surface area contributed by atoms with Crippen LogP contribution in [0.2, 0.25) is 0 Å². The van der Waals surface area contributed by atoms with E-state index in [2.05, 4.69) is 48.5 Å². The molecule has 0 saturated carbocycles. The van der Waals surface area contributed by atoms with Crippen molar-refractivity contribution in [2.24, 2.45) is 4.99 Å². The van der Waals surface area contributed by atoms with Gasteiger partial charge in [-0.3, -0.25) is 9.35 Å². The second kappa shape index (κ2) is 46.6. The van der Waals surface area contributed by atoms with Crippen LogP contribution < -0.4 is 10.4 Å². The van der Waals surface area contributed by atoms with E-state index in [4.69, 9.17) is 4.55 Å². The fraction of sp³-hybridized carbons (Fsp3) is 0.864. The zero-order chi connectivity index (χ0) is 41.9. The van der Waals surface area contributed by atoms with Gasteiger partial charge in [-0.1, -0.05) is 141 Å². The summed E-state index contributed by atoms with van der Waals surface area (Å²) in [6, 6.07) is 0. The first-order chi connectivity index (χ1) is 26.9. The number of hydrogen-bond acceptors (Lipinski definition) is 8. The van der Waals surface area contributed by atoms with Crippen molar-refractivity contribution in [3.05, 3.63) is 24.3 Å². The molecule has 0 spiro atoms. The van der Waals surface area contributed by atoms with E-state index in [0.717, 1.165) is 38.5 Å². The SMILES string of the molecule is CCCCCCCC/C=C\CCCCCCCC(=O)NCCCCS(=O)(=O)O.CCCCCCCC/C=C\CCCCCCCC([O-])=NCCCCS(=O)(=O)[O-].[Ca+2]. The second-order valence-electron chi connectivity index (χ2n) is 15.3. The number of allylic oxidation sites excluding steroid dienone is 4. The molecular weight excluding hydrogens is 789 g/mol. The van der Waals surface area contributed by atoms with Crippen LogP contribution in [0.15, 0.2) is 29.3 Å². The Labute approximate surface area is 381 Å². The van der Waals surface area contributed by atoms with Crippen LogP contribution in [0.25, 0.3) is 0 Å².